The van der Waals surface area contributed by atoms with Gasteiger partial charge < -0.3 is 10.5 Å². The minimum atomic E-state index is 0.301. The van der Waals surface area contributed by atoms with E-state index in [1.165, 1.54) is 17.7 Å². The van der Waals surface area contributed by atoms with E-state index in [1.807, 2.05) is 11.3 Å². The highest BCUT2D eigenvalue weighted by Crippen LogP contribution is 2.19. The Bertz CT molecular complexity index is 267. The lowest BCUT2D eigenvalue weighted by Gasteiger charge is -2.15. The van der Waals surface area contributed by atoms with Crippen LogP contribution in [0.25, 0.3) is 0 Å². The molecule has 1 aromatic heterocycles. The third-order valence-electron chi connectivity index (χ3n) is 2.93. The lowest BCUT2D eigenvalue weighted by Crippen LogP contribution is -2.26. The summed E-state index contributed by atoms with van der Waals surface area (Å²) in [5.74, 6) is 0. The van der Waals surface area contributed by atoms with E-state index in [9.17, 15) is 0 Å². The van der Waals surface area contributed by atoms with Crippen LogP contribution in [0.5, 0.6) is 0 Å². The highest BCUT2D eigenvalue weighted by Gasteiger charge is 2.18. The van der Waals surface area contributed by atoms with Gasteiger partial charge >= 0.3 is 0 Å². The molecule has 0 aromatic carbocycles. The third-order valence-corrected chi connectivity index (χ3v) is 3.87. The molecule has 1 aliphatic rings. The highest BCUT2D eigenvalue weighted by atomic mass is 32.1. The van der Waals surface area contributed by atoms with Crippen LogP contribution in [-0.2, 0) is 11.2 Å². The number of rotatable bonds is 5. The molecular weight excluding hydrogens is 206 g/mol. The largest absolute Gasteiger partial charge is 0.378 e. The van der Waals surface area contributed by atoms with E-state index in [2.05, 4.69) is 17.5 Å². The molecule has 1 fully saturated rings. The molecule has 15 heavy (non-hydrogen) atoms. The summed E-state index contributed by atoms with van der Waals surface area (Å²) in [5, 5.41) is 2.13. The second-order valence-corrected chi connectivity index (χ2v) is 5.28. The lowest BCUT2D eigenvalue weighted by atomic mass is 10.0. The van der Waals surface area contributed by atoms with Crippen LogP contribution in [0.3, 0.4) is 0 Å². The molecule has 0 bridgehead atoms. The molecule has 1 saturated heterocycles. The molecule has 2 nitrogen and oxygen atoms in total. The van der Waals surface area contributed by atoms with Crippen LogP contribution in [0.2, 0.25) is 0 Å². The molecule has 0 aliphatic carbocycles. The van der Waals surface area contributed by atoms with Crippen LogP contribution in [0.15, 0.2) is 17.5 Å². The molecule has 84 valence electrons. The molecule has 3 heteroatoms. The molecule has 0 saturated carbocycles. The zero-order chi connectivity index (χ0) is 10.5. The Hall–Kier alpha value is -0.380. The van der Waals surface area contributed by atoms with Crippen molar-refractivity contribution < 1.29 is 4.74 Å². The van der Waals surface area contributed by atoms with Crippen molar-refractivity contribution in [2.75, 3.05) is 6.61 Å². The molecule has 0 amide bonds. The van der Waals surface area contributed by atoms with Gasteiger partial charge in [-0.05, 0) is 43.6 Å². The maximum Gasteiger partial charge on any atom is 0.0590 e. The number of ether oxygens (including phenoxy) is 1. The van der Waals surface area contributed by atoms with Crippen molar-refractivity contribution in [1.29, 1.82) is 0 Å². The summed E-state index contributed by atoms with van der Waals surface area (Å²) >= 11 is 1.82. The van der Waals surface area contributed by atoms with E-state index in [0.717, 1.165) is 25.9 Å². The summed E-state index contributed by atoms with van der Waals surface area (Å²) in [6.45, 7) is 0.933. The van der Waals surface area contributed by atoms with Crippen molar-refractivity contribution >= 4 is 11.3 Å². The molecule has 2 unspecified atom stereocenters. The summed E-state index contributed by atoms with van der Waals surface area (Å²) in [7, 11) is 0. The van der Waals surface area contributed by atoms with Gasteiger partial charge in [0, 0.05) is 17.5 Å². The molecule has 2 heterocycles. The third kappa shape index (κ3) is 3.59. The van der Waals surface area contributed by atoms with Gasteiger partial charge in [0.2, 0.25) is 0 Å². The second-order valence-electron chi connectivity index (χ2n) is 4.25. The number of hydrogen-bond acceptors (Lipinski definition) is 3. The Morgan fingerprint density at radius 1 is 1.60 bits per heavy atom. The molecule has 0 radical (unpaired) electrons. The topological polar surface area (TPSA) is 35.2 Å². The van der Waals surface area contributed by atoms with E-state index in [4.69, 9.17) is 10.5 Å². The van der Waals surface area contributed by atoms with Crippen LogP contribution in [-0.4, -0.2) is 18.8 Å². The van der Waals surface area contributed by atoms with E-state index in [-0.39, 0.29) is 0 Å². The minimum absolute atomic E-state index is 0.301. The van der Waals surface area contributed by atoms with E-state index in [0.29, 0.717) is 12.1 Å². The predicted molar refractivity (Wildman–Crippen MR) is 64.2 cm³/mol. The maximum atomic E-state index is 6.09. The number of hydrogen-bond donors (Lipinski definition) is 1. The Balaban J connectivity index is 1.66. The first-order valence-corrected chi connectivity index (χ1v) is 6.62. The van der Waals surface area contributed by atoms with Gasteiger partial charge in [-0.15, -0.1) is 11.3 Å². The Morgan fingerprint density at radius 3 is 3.20 bits per heavy atom. The van der Waals surface area contributed by atoms with Crippen LogP contribution < -0.4 is 5.73 Å². The van der Waals surface area contributed by atoms with Gasteiger partial charge in [0.1, 0.15) is 0 Å². The Labute approximate surface area is 95.4 Å². The van der Waals surface area contributed by atoms with Gasteiger partial charge in [0.05, 0.1) is 6.10 Å². The first kappa shape index (κ1) is 11.1. The number of thiophene rings is 1. The first-order valence-electron chi connectivity index (χ1n) is 5.74. The quantitative estimate of drug-likeness (QED) is 0.836. The SMILES string of the molecule is NC(CCc1cccs1)CC1CCCO1. The molecule has 2 atom stereocenters. The first-order chi connectivity index (χ1) is 7.34. The summed E-state index contributed by atoms with van der Waals surface area (Å²) in [6.07, 6.45) is 6.08. The Kier molecular flexibility index (Phi) is 4.18. The second kappa shape index (κ2) is 5.64. The van der Waals surface area contributed by atoms with Gasteiger partial charge in [-0.25, -0.2) is 0 Å². The van der Waals surface area contributed by atoms with Crippen LogP contribution in [0, 0.1) is 0 Å². The monoisotopic (exact) mass is 225 g/mol. The van der Waals surface area contributed by atoms with Crippen molar-refractivity contribution in [1.82, 2.24) is 0 Å². The van der Waals surface area contributed by atoms with Crippen molar-refractivity contribution in [3.05, 3.63) is 22.4 Å². The van der Waals surface area contributed by atoms with Crippen molar-refractivity contribution in [3.63, 3.8) is 0 Å². The summed E-state index contributed by atoms with van der Waals surface area (Å²) in [6, 6.07) is 4.59. The Morgan fingerprint density at radius 2 is 2.53 bits per heavy atom. The normalized spacial score (nSPS) is 23.1. The van der Waals surface area contributed by atoms with Gasteiger partial charge in [-0.2, -0.15) is 0 Å². The van der Waals surface area contributed by atoms with Gasteiger partial charge in [0.25, 0.3) is 0 Å². The van der Waals surface area contributed by atoms with E-state index in [1.54, 1.807) is 0 Å². The van der Waals surface area contributed by atoms with Crippen molar-refractivity contribution in [2.24, 2.45) is 5.73 Å². The van der Waals surface area contributed by atoms with Gasteiger partial charge in [-0.3, -0.25) is 0 Å². The molecule has 2 rings (SSSR count). The van der Waals surface area contributed by atoms with E-state index < -0.39 is 0 Å². The standard InChI is InChI=1S/C12H19NOS/c13-10(9-11-3-1-7-14-11)5-6-12-4-2-8-15-12/h2,4,8,10-11H,1,3,5-7,9,13H2. The average Bonchev–Trinajstić information content (AvgIpc) is 2.86. The smallest absolute Gasteiger partial charge is 0.0590 e. The van der Waals surface area contributed by atoms with Crippen molar-refractivity contribution in [3.8, 4) is 0 Å². The molecule has 0 spiro atoms. The summed E-state index contributed by atoms with van der Waals surface area (Å²) < 4.78 is 5.58. The van der Waals surface area contributed by atoms with Crippen LogP contribution >= 0.6 is 11.3 Å². The maximum absolute atomic E-state index is 6.09. The fraction of sp³-hybridized carbons (Fsp3) is 0.667. The van der Waals surface area contributed by atoms with Gasteiger partial charge in [0.15, 0.2) is 0 Å². The van der Waals surface area contributed by atoms with Crippen molar-refractivity contribution in [2.45, 2.75) is 44.2 Å². The average molecular weight is 225 g/mol. The van der Waals surface area contributed by atoms with E-state index >= 15 is 0 Å². The van der Waals surface area contributed by atoms with Crippen LogP contribution in [0.1, 0.15) is 30.6 Å². The predicted octanol–water partition coefficient (Wildman–Crippen LogP) is 2.58. The molecular formula is C12H19NOS. The van der Waals surface area contributed by atoms with Gasteiger partial charge in [-0.1, -0.05) is 6.07 Å². The highest BCUT2D eigenvalue weighted by molar-refractivity contribution is 7.09. The minimum Gasteiger partial charge on any atom is -0.378 e. The molecule has 1 aliphatic heterocycles. The number of aryl methyl sites for hydroxylation is 1. The lowest BCUT2D eigenvalue weighted by molar-refractivity contribution is 0.0976. The fourth-order valence-electron chi connectivity index (χ4n) is 2.07. The zero-order valence-electron chi connectivity index (χ0n) is 9.02. The zero-order valence-corrected chi connectivity index (χ0v) is 9.84. The number of nitrogens with two attached hydrogens (primary N) is 1. The summed E-state index contributed by atoms with van der Waals surface area (Å²) in [5.41, 5.74) is 6.09. The molecule has 2 N–H and O–H groups in total. The molecule has 1 aromatic rings. The van der Waals surface area contributed by atoms with Crippen LogP contribution in [0.4, 0.5) is 0 Å². The fourth-order valence-corrected chi connectivity index (χ4v) is 2.79. The summed E-state index contributed by atoms with van der Waals surface area (Å²) in [4.78, 5) is 1.44.